The summed E-state index contributed by atoms with van der Waals surface area (Å²) in [4.78, 5) is 12.7. The zero-order chi connectivity index (χ0) is 13.1. The first-order valence-corrected chi connectivity index (χ1v) is 6.49. The number of hydrogen-bond acceptors (Lipinski definition) is 3. The molecule has 0 aliphatic rings. The molecule has 0 radical (unpaired) electrons. The Bertz CT molecular complexity index is 582. The van der Waals surface area contributed by atoms with Crippen molar-refractivity contribution in [3.05, 3.63) is 41.3 Å². The van der Waals surface area contributed by atoms with Crippen molar-refractivity contribution in [3.63, 3.8) is 0 Å². The van der Waals surface area contributed by atoms with Crippen molar-refractivity contribution in [2.45, 2.75) is 11.8 Å². The van der Waals surface area contributed by atoms with Crippen LogP contribution in [0.4, 0.5) is 10.2 Å². The van der Waals surface area contributed by atoms with Crippen LogP contribution in [0.2, 0.25) is 0 Å². The zero-order valence-corrected chi connectivity index (χ0v) is 10.8. The molecule has 0 atom stereocenters. The summed E-state index contributed by atoms with van der Waals surface area (Å²) in [5.74, 6) is -0.237. The Morgan fingerprint density at radius 3 is 2.94 bits per heavy atom. The fourth-order valence-electron chi connectivity index (χ4n) is 1.44. The number of carbonyl (C=O) groups is 1. The predicted molar refractivity (Wildman–Crippen MR) is 69.5 cm³/mol. The van der Waals surface area contributed by atoms with Crippen molar-refractivity contribution in [2.24, 2.45) is 0 Å². The van der Waals surface area contributed by atoms with Crippen molar-refractivity contribution in [1.29, 1.82) is 0 Å². The second-order valence-electron chi connectivity index (χ2n) is 3.73. The van der Waals surface area contributed by atoms with Gasteiger partial charge in [0.1, 0.15) is 11.6 Å². The number of H-pyrrole nitrogens is 1. The Balaban J connectivity index is 2.19. The quantitative estimate of drug-likeness (QED) is 0.839. The third kappa shape index (κ3) is 2.53. The summed E-state index contributed by atoms with van der Waals surface area (Å²) in [6.07, 6.45) is 3.50. The van der Waals surface area contributed by atoms with Gasteiger partial charge in [-0.05, 0) is 30.9 Å². The van der Waals surface area contributed by atoms with Crippen molar-refractivity contribution in [3.8, 4) is 0 Å². The molecule has 0 bridgehead atoms. The Morgan fingerprint density at radius 1 is 1.50 bits per heavy atom. The molecule has 2 N–H and O–H groups in total. The van der Waals surface area contributed by atoms with Gasteiger partial charge in [-0.1, -0.05) is 6.07 Å². The van der Waals surface area contributed by atoms with Gasteiger partial charge in [0.2, 0.25) is 0 Å². The molecule has 0 aliphatic heterocycles. The second kappa shape index (κ2) is 5.22. The van der Waals surface area contributed by atoms with Crippen molar-refractivity contribution in [1.82, 2.24) is 10.2 Å². The van der Waals surface area contributed by atoms with Gasteiger partial charge in [-0.25, -0.2) is 4.39 Å². The van der Waals surface area contributed by atoms with E-state index in [1.807, 2.05) is 6.26 Å². The van der Waals surface area contributed by atoms with E-state index in [-0.39, 0.29) is 11.5 Å². The highest BCUT2D eigenvalue weighted by atomic mass is 32.2. The van der Waals surface area contributed by atoms with Crippen LogP contribution in [0.15, 0.2) is 29.3 Å². The van der Waals surface area contributed by atoms with E-state index in [0.29, 0.717) is 11.4 Å². The zero-order valence-electron chi connectivity index (χ0n) is 9.95. The molecule has 0 aliphatic carbocycles. The van der Waals surface area contributed by atoms with Gasteiger partial charge in [-0.15, -0.1) is 11.8 Å². The van der Waals surface area contributed by atoms with E-state index < -0.39 is 5.82 Å². The normalized spacial score (nSPS) is 10.4. The maximum Gasteiger partial charge on any atom is 0.256 e. The lowest BCUT2D eigenvalue weighted by molar-refractivity contribution is 0.102. The molecular formula is C12H12FN3OS. The number of aromatic amines is 1. The Morgan fingerprint density at radius 2 is 2.28 bits per heavy atom. The molecule has 4 nitrogen and oxygen atoms in total. The topological polar surface area (TPSA) is 57.8 Å². The number of aryl methyl sites for hydroxylation is 1. The van der Waals surface area contributed by atoms with Gasteiger partial charge in [0.25, 0.3) is 5.91 Å². The van der Waals surface area contributed by atoms with Crippen LogP contribution in [0.3, 0.4) is 0 Å². The van der Waals surface area contributed by atoms with Gasteiger partial charge in [-0.2, -0.15) is 5.10 Å². The van der Waals surface area contributed by atoms with Gasteiger partial charge in [0, 0.05) is 5.56 Å². The maximum absolute atomic E-state index is 13.4. The molecule has 0 saturated heterocycles. The van der Waals surface area contributed by atoms with E-state index in [1.54, 1.807) is 25.3 Å². The summed E-state index contributed by atoms with van der Waals surface area (Å²) in [6, 6.07) is 4.38. The minimum Gasteiger partial charge on any atom is -0.306 e. The fraction of sp³-hybridized carbons (Fsp3) is 0.167. The third-order valence-corrected chi connectivity index (χ3v) is 3.25. The second-order valence-corrected chi connectivity index (χ2v) is 4.58. The molecule has 0 fully saturated rings. The molecule has 1 aromatic heterocycles. The number of thioether (sulfide) groups is 1. The van der Waals surface area contributed by atoms with Crippen molar-refractivity contribution >= 4 is 23.5 Å². The first-order chi connectivity index (χ1) is 8.61. The molecule has 1 aromatic carbocycles. The highest BCUT2D eigenvalue weighted by Gasteiger charge is 2.11. The molecular weight excluding hydrogens is 253 g/mol. The highest BCUT2D eigenvalue weighted by Crippen LogP contribution is 2.22. The summed E-state index contributed by atoms with van der Waals surface area (Å²) < 4.78 is 13.4. The van der Waals surface area contributed by atoms with Crippen molar-refractivity contribution in [2.75, 3.05) is 11.6 Å². The van der Waals surface area contributed by atoms with Gasteiger partial charge < -0.3 is 5.32 Å². The van der Waals surface area contributed by atoms with Crippen LogP contribution in [0.25, 0.3) is 0 Å². The molecule has 2 rings (SSSR count). The summed E-state index contributed by atoms with van der Waals surface area (Å²) in [5, 5.41) is 9.18. The van der Waals surface area contributed by atoms with Crippen LogP contribution < -0.4 is 5.32 Å². The number of hydrogen-bond donors (Lipinski definition) is 2. The maximum atomic E-state index is 13.4. The van der Waals surface area contributed by atoms with E-state index in [0.717, 1.165) is 4.90 Å². The number of nitrogens with one attached hydrogen (secondary N) is 2. The van der Waals surface area contributed by atoms with Gasteiger partial charge in [0.15, 0.2) is 0 Å². The standard InChI is InChI=1S/C12H12FN3OS/c1-7-3-4-8(5-9(7)13)12(17)15-11-10(18-2)6-14-16-11/h3-6H,1-2H3,(H2,14,15,16,17). The molecule has 6 heteroatoms. The summed E-state index contributed by atoms with van der Waals surface area (Å²) in [5.41, 5.74) is 0.789. The minimum atomic E-state index is -0.391. The summed E-state index contributed by atoms with van der Waals surface area (Å²) >= 11 is 1.46. The molecule has 0 saturated carbocycles. The molecule has 0 unspecified atom stereocenters. The largest absolute Gasteiger partial charge is 0.306 e. The monoisotopic (exact) mass is 265 g/mol. The number of halogens is 1. The lowest BCUT2D eigenvalue weighted by atomic mass is 10.1. The Labute approximate surface area is 108 Å². The summed E-state index contributed by atoms with van der Waals surface area (Å²) in [7, 11) is 0. The van der Waals surface area contributed by atoms with Gasteiger partial charge >= 0.3 is 0 Å². The first-order valence-electron chi connectivity index (χ1n) is 5.26. The van der Waals surface area contributed by atoms with Crippen LogP contribution >= 0.6 is 11.8 Å². The van der Waals surface area contributed by atoms with Crippen LogP contribution in [-0.2, 0) is 0 Å². The van der Waals surface area contributed by atoms with Crippen LogP contribution in [0, 0.1) is 12.7 Å². The van der Waals surface area contributed by atoms with Crippen LogP contribution in [0.1, 0.15) is 15.9 Å². The van der Waals surface area contributed by atoms with Gasteiger partial charge in [0.05, 0.1) is 11.1 Å². The predicted octanol–water partition coefficient (Wildman–Crippen LogP) is 2.83. The van der Waals surface area contributed by atoms with E-state index in [2.05, 4.69) is 15.5 Å². The fourth-order valence-corrected chi connectivity index (χ4v) is 1.90. The van der Waals surface area contributed by atoms with Crippen LogP contribution in [0.5, 0.6) is 0 Å². The number of amides is 1. The number of carbonyl (C=O) groups excluding carboxylic acids is 1. The average Bonchev–Trinajstić information content (AvgIpc) is 2.79. The molecule has 1 amide bonds. The number of nitrogens with zero attached hydrogens (tertiary/aromatic N) is 1. The number of benzene rings is 1. The molecule has 2 aromatic rings. The molecule has 18 heavy (non-hydrogen) atoms. The van der Waals surface area contributed by atoms with E-state index in [4.69, 9.17) is 0 Å². The Kier molecular flexibility index (Phi) is 3.66. The molecule has 94 valence electrons. The third-order valence-electron chi connectivity index (χ3n) is 2.50. The van der Waals surface area contributed by atoms with E-state index in [1.165, 1.54) is 17.8 Å². The summed E-state index contributed by atoms with van der Waals surface area (Å²) in [6.45, 7) is 1.65. The Hall–Kier alpha value is -1.82. The van der Waals surface area contributed by atoms with Crippen LogP contribution in [-0.4, -0.2) is 22.4 Å². The minimum absolute atomic E-state index is 0.278. The lowest BCUT2D eigenvalue weighted by Crippen LogP contribution is -2.13. The number of anilines is 1. The van der Waals surface area contributed by atoms with E-state index in [9.17, 15) is 9.18 Å². The highest BCUT2D eigenvalue weighted by molar-refractivity contribution is 7.98. The SMILES string of the molecule is CSc1cn[nH]c1NC(=O)c1ccc(C)c(F)c1. The van der Waals surface area contributed by atoms with E-state index >= 15 is 0 Å². The first kappa shape index (κ1) is 12.6. The number of rotatable bonds is 3. The smallest absolute Gasteiger partial charge is 0.256 e. The molecule has 0 spiro atoms. The number of aromatic nitrogens is 2. The van der Waals surface area contributed by atoms with Gasteiger partial charge in [-0.3, -0.25) is 9.89 Å². The lowest BCUT2D eigenvalue weighted by Gasteiger charge is -2.05. The van der Waals surface area contributed by atoms with Crippen molar-refractivity contribution < 1.29 is 9.18 Å². The molecule has 1 heterocycles. The average molecular weight is 265 g/mol.